The van der Waals surface area contributed by atoms with Crippen LogP contribution in [0.5, 0.6) is 0 Å². The van der Waals surface area contributed by atoms with E-state index in [4.69, 9.17) is 21.8 Å². The molecule has 17 heavy (non-hydrogen) atoms. The molecule has 94 valence electrons. The zero-order valence-corrected chi connectivity index (χ0v) is 10.2. The van der Waals surface area contributed by atoms with Crippen molar-refractivity contribution in [2.75, 3.05) is 25.5 Å². The number of halogens is 1. The van der Waals surface area contributed by atoms with E-state index < -0.39 is 6.10 Å². The summed E-state index contributed by atoms with van der Waals surface area (Å²) in [4.78, 5) is 11.4. The van der Waals surface area contributed by atoms with Crippen LogP contribution in [0, 0.1) is 0 Å². The molecule has 1 atom stereocenters. The summed E-state index contributed by atoms with van der Waals surface area (Å²) in [6.07, 6.45) is -0.826. The molecule has 0 saturated heterocycles. The maximum atomic E-state index is 11.4. The Morgan fingerprint density at radius 1 is 1.53 bits per heavy atom. The number of nitrogens with one attached hydrogen (secondary N) is 2. The van der Waals surface area contributed by atoms with Crippen LogP contribution in [0.4, 0.5) is 5.69 Å². The molecule has 6 heteroatoms. The second kappa shape index (κ2) is 6.44. The topological polar surface area (TPSA) is 81.6 Å². The molecule has 4 N–H and O–H groups in total. The van der Waals surface area contributed by atoms with Crippen molar-refractivity contribution in [1.82, 2.24) is 5.32 Å². The lowest BCUT2D eigenvalue weighted by Crippen LogP contribution is -2.23. The Labute approximate surface area is 104 Å². The first-order valence-electron chi connectivity index (χ1n) is 5.13. The van der Waals surface area contributed by atoms with Gasteiger partial charge in [-0.05, 0) is 18.2 Å². The minimum absolute atomic E-state index is 0.214. The molecule has 1 aromatic rings. The lowest BCUT2D eigenvalue weighted by atomic mass is 10.2. The van der Waals surface area contributed by atoms with Crippen LogP contribution in [0.25, 0.3) is 0 Å². The van der Waals surface area contributed by atoms with E-state index in [1.165, 1.54) is 7.05 Å². The third kappa shape index (κ3) is 3.89. The van der Waals surface area contributed by atoms with E-state index in [0.29, 0.717) is 16.3 Å². The maximum absolute atomic E-state index is 11.4. The molecule has 0 heterocycles. The molecule has 0 aromatic heterocycles. The number of hydrogen-bond acceptors (Lipinski definition) is 4. The van der Waals surface area contributed by atoms with E-state index in [-0.39, 0.29) is 19.1 Å². The first kappa shape index (κ1) is 13.8. The van der Waals surface area contributed by atoms with Crippen molar-refractivity contribution in [3.63, 3.8) is 0 Å². The van der Waals surface area contributed by atoms with E-state index >= 15 is 0 Å². The molecule has 0 bridgehead atoms. The predicted molar refractivity (Wildman–Crippen MR) is 66.4 cm³/mol. The highest BCUT2D eigenvalue weighted by molar-refractivity contribution is 6.34. The summed E-state index contributed by atoms with van der Waals surface area (Å²) in [5.41, 5.74) is 1.07. The fraction of sp³-hybridized carbons (Fsp3) is 0.364. The van der Waals surface area contributed by atoms with Crippen molar-refractivity contribution >= 4 is 23.2 Å². The molecule has 1 amide bonds. The fourth-order valence-corrected chi connectivity index (χ4v) is 1.51. The van der Waals surface area contributed by atoms with Gasteiger partial charge >= 0.3 is 0 Å². The van der Waals surface area contributed by atoms with Gasteiger partial charge in [-0.2, -0.15) is 0 Å². The molecule has 0 radical (unpaired) electrons. The summed E-state index contributed by atoms with van der Waals surface area (Å²) in [5, 5.41) is 23.5. The Bertz CT molecular complexity index is 398. The summed E-state index contributed by atoms with van der Waals surface area (Å²) in [5.74, 6) is -0.253. The van der Waals surface area contributed by atoms with Crippen molar-refractivity contribution in [1.29, 1.82) is 0 Å². The summed E-state index contributed by atoms with van der Waals surface area (Å²) in [7, 11) is 1.53. The lowest BCUT2D eigenvalue weighted by Gasteiger charge is -2.11. The van der Waals surface area contributed by atoms with Crippen molar-refractivity contribution in [3.8, 4) is 0 Å². The van der Waals surface area contributed by atoms with Gasteiger partial charge in [0.05, 0.1) is 23.3 Å². The third-order valence-corrected chi connectivity index (χ3v) is 2.51. The normalized spacial score (nSPS) is 12.0. The number of carbonyl (C=O) groups excluding carboxylic acids is 1. The van der Waals surface area contributed by atoms with E-state index in [1.54, 1.807) is 18.2 Å². The highest BCUT2D eigenvalue weighted by Gasteiger charge is 2.09. The van der Waals surface area contributed by atoms with Gasteiger partial charge in [0.25, 0.3) is 5.91 Å². The molecule has 0 aliphatic rings. The Morgan fingerprint density at radius 2 is 2.24 bits per heavy atom. The number of anilines is 1. The first-order chi connectivity index (χ1) is 8.08. The van der Waals surface area contributed by atoms with Gasteiger partial charge in [0.2, 0.25) is 0 Å². The second-order valence-corrected chi connectivity index (χ2v) is 3.90. The second-order valence-electron chi connectivity index (χ2n) is 3.49. The van der Waals surface area contributed by atoms with Gasteiger partial charge in [-0.15, -0.1) is 0 Å². The number of aliphatic hydroxyl groups is 2. The summed E-state index contributed by atoms with van der Waals surface area (Å²) < 4.78 is 0. The molecule has 0 aliphatic carbocycles. The van der Waals surface area contributed by atoms with E-state index in [9.17, 15) is 4.79 Å². The Hall–Kier alpha value is -1.30. The zero-order valence-electron chi connectivity index (χ0n) is 9.40. The van der Waals surface area contributed by atoms with Crippen LogP contribution >= 0.6 is 11.6 Å². The number of benzene rings is 1. The SMILES string of the molecule is CNC(=O)c1ccc(NCC(O)CO)cc1Cl. The van der Waals surface area contributed by atoms with Crippen LogP contribution in [-0.2, 0) is 0 Å². The van der Waals surface area contributed by atoms with Gasteiger partial charge in [0.15, 0.2) is 0 Å². The molecule has 0 saturated carbocycles. The monoisotopic (exact) mass is 258 g/mol. The number of carbonyl (C=O) groups is 1. The molecule has 1 aromatic carbocycles. The number of amides is 1. The minimum Gasteiger partial charge on any atom is -0.394 e. The molecule has 0 aliphatic heterocycles. The van der Waals surface area contributed by atoms with E-state index in [1.807, 2.05) is 0 Å². The van der Waals surface area contributed by atoms with Crippen LogP contribution in [0.1, 0.15) is 10.4 Å². The first-order valence-corrected chi connectivity index (χ1v) is 5.50. The smallest absolute Gasteiger partial charge is 0.252 e. The summed E-state index contributed by atoms with van der Waals surface area (Å²) in [6.45, 7) is -0.0940. The van der Waals surface area contributed by atoms with Crippen LogP contribution < -0.4 is 10.6 Å². The molecular weight excluding hydrogens is 244 g/mol. The molecule has 0 spiro atoms. The fourth-order valence-electron chi connectivity index (χ4n) is 1.24. The van der Waals surface area contributed by atoms with E-state index in [0.717, 1.165) is 0 Å². The van der Waals surface area contributed by atoms with Gasteiger partial charge < -0.3 is 20.8 Å². The number of hydrogen-bond donors (Lipinski definition) is 4. The summed E-state index contributed by atoms with van der Waals surface area (Å²) in [6, 6.07) is 4.87. The largest absolute Gasteiger partial charge is 0.394 e. The zero-order chi connectivity index (χ0) is 12.8. The molecule has 0 fully saturated rings. The van der Waals surface area contributed by atoms with Gasteiger partial charge in [-0.1, -0.05) is 11.6 Å². The van der Waals surface area contributed by atoms with Crippen LogP contribution in [0.2, 0.25) is 5.02 Å². The minimum atomic E-state index is -0.826. The number of aliphatic hydroxyl groups excluding tert-OH is 2. The number of rotatable bonds is 5. The molecule has 1 rings (SSSR count). The van der Waals surface area contributed by atoms with Crippen molar-refractivity contribution in [3.05, 3.63) is 28.8 Å². The molecule has 5 nitrogen and oxygen atoms in total. The van der Waals surface area contributed by atoms with Crippen molar-refractivity contribution in [2.24, 2.45) is 0 Å². The van der Waals surface area contributed by atoms with Crippen LogP contribution in [0.15, 0.2) is 18.2 Å². The standard InChI is InChI=1S/C11H15ClN2O3/c1-13-11(17)9-3-2-7(4-10(9)12)14-5-8(16)6-15/h2-4,8,14-16H,5-6H2,1H3,(H,13,17). The van der Waals surface area contributed by atoms with Gasteiger partial charge in [-0.25, -0.2) is 0 Å². The molecular formula is C11H15ClN2O3. The van der Waals surface area contributed by atoms with Crippen molar-refractivity contribution in [2.45, 2.75) is 6.10 Å². The molecule has 1 unspecified atom stereocenters. The average molecular weight is 259 g/mol. The quantitative estimate of drug-likeness (QED) is 0.619. The van der Waals surface area contributed by atoms with E-state index in [2.05, 4.69) is 10.6 Å². The summed E-state index contributed by atoms with van der Waals surface area (Å²) >= 11 is 5.94. The third-order valence-electron chi connectivity index (χ3n) is 2.19. The van der Waals surface area contributed by atoms with Gasteiger partial charge in [-0.3, -0.25) is 4.79 Å². The van der Waals surface area contributed by atoms with Crippen LogP contribution in [0.3, 0.4) is 0 Å². The average Bonchev–Trinajstić information content (AvgIpc) is 2.35. The lowest BCUT2D eigenvalue weighted by molar-refractivity contribution is 0.0963. The highest BCUT2D eigenvalue weighted by atomic mass is 35.5. The van der Waals surface area contributed by atoms with Crippen molar-refractivity contribution < 1.29 is 15.0 Å². The maximum Gasteiger partial charge on any atom is 0.252 e. The highest BCUT2D eigenvalue weighted by Crippen LogP contribution is 2.20. The Kier molecular flexibility index (Phi) is 5.21. The van der Waals surface area contributed by atoms with Gasteiger partial charge in [0, 0.05) is 19.3 Å². The Balaban J connectivity index is 2.72. The predicted octanol–water partition coefficient (Wildman–Crippen LogP) is 0.465. The Morgan fingerprint density at radius 3 is 2.76 bits per heavy atom. The van der Waals surface area contributed by atoms with Crippen LogP contribution in [-0.4, -0.2) is 42.4 Å². The van der Waals surface area contributed by atoms with Gasteiger partial charge in [0.1, 0.15) is 0 Å².